The van der Waals surface area contributed by atoms with Crippen LogP contribution in [0.25, 0.3) is 0 Å². The summed E-state index contributed by atoms with van der Waals surface area (Å²) in [4.78, 5) is 23.8. The van der Waals surface area contributed by atoms with Crippen LogP contribution in [0.4, 0.5) is 9.59 Å². The van der Waals surface area contributed by atoms with E-state index < -0.39 is 6.03 Å². The second kappa shape index (κ2) is 13.7. The van der Waals surface area contributed by atoms with E-state index in [0.29, 0.717) is 6.54 Å². The number of amides is 4. The third-order valence-electron chi connectivity index (χ3n) is 3.63. The molecule has 0 unspecified atom stereocenters. The summed E-state index contributed by atoms with van der Waals surface area (Å²) in [5, 5.41) is 5.16. The fourth-order valence-electron chi connectivity index (χ4n) is 2.19. The van der Waals surface area contributed by atoms with E-state index in [4.69, 9.17) is 0 Å². The average molecular weight is 299 g/mol. The van der Waals surface area contributed by atoms with Gasteiger partial charge in [0, 0.05) is 20.6 Å². The molecule has 0 aromatic carbocycles. The lowest BCUT2D eigenvalue weighted by atomic mass is 10.1. The van der Waals surface area contributed by atoms with Gasteiger partial charge in [-0.2, -0.15) is 0 Å². The van der Waals surface area contributed by atoms with E-state index in [0.717, 1.165) is 17.7 Å². The van der Waals surface area contributed by atoms with Crippen molar-refractivity contribution in [1.29, 1.82) is 0 Å². The Balaban J connectivity index is 3.32. The topological polar surface area (TPSA) is 61.4 Å². The Labute approximate surface area is 129 Å². The Morgan fingerprint density at radius 3 is 1.76 bits per heavy atom. The molecule has 0 atom stereocenters. The van der Waals surface area contributed by atoms with Gasteiger partial charge in [-0.1, -0.05) is 64.7 Å². The molecule has 0 aromatic heterocycles. The molecule has 2 N–H and O–H groups in total. The van der Waals surface area contributed by atoms with Crippen LogP contribution in [0.2, 0.25) is 0 Å². The summed E-state index contributed by atoms with van der Waals surface area (Å²) in [5.74, 6) is 0. The molecule has 124 valence electrons. The maximum Gasteiger partial charge on any atom is 0.325 e. The zero-order valence-electron chi connectivity index (χ0n) is 14.0. The molecule has 0 aliphatic carbocycles. The molecule has 0 radical (unpaired) electrons. The quantitative estimate of drug-likeness (QED) is 0.569. The minimum absolute atomic E-state index is 0.342. The van der Waals surface area contributed by atoms with Crippen molar-refractivity contribution in [3.63, 3.8) is 0 Å². The highest BCUT2D eigenvalue weighted by Gasteiger charge is 2.13. The molecule has 0 saturated heterocycles. The van der Waals surface area contributed by atoms with Crippen molar-refractivity contribution < 1.29 is 9.59 Å². The summed E-state index contributed by atoms with van der Waals surface area (Å²) in [7, 11) is 2.97. The van der Waals surface area contributed by atoms with Crippen LogP contribution in [-0.4, -0.2) is 37.6 Å². The summed E-state index contributed by atoms with van der Waals surface area (Å²) in [5.41, 5.74) is 0. The van der Waals surface area contributed by atoms with Gasteiger partial charge >= 0.3 is 12.1 Å². The van der Waals surface area contributed by atoms with Crippen LogP contribution in [0.3, 0.4) is 0 Å². The van der Waals surface area contributed by atoms with Gasteiger partial charge in [-0.15, -0.1) is 0 Å². The average Bonchev–Trinajstić information content (AvgIpc) is 2.50. The Hall–Kier alpha value is -1.26. The van der Waals surface area contributed by atoms with Gasteiger partial charge < -0.3 is 10.6 Å². The predicted molar refractivity (Wildman–Crippen MR) is 87.5 cm³/mol. The number of rotatable bonds is 11. The van der Waals surface area contributed by atoms with Crippen LogP contribution < -0.4 is 10.6 Å². The van der Waals surface area contributed by atoms with E-state index in [-0.39, 0.29) is 6.03 Å². The van der Waals surface area contributed by atoms with Gasteiger partial charge in [-0.25, -0.2) is 14.5 Å². The van der Waals surface area contributed by atoms with E-state index in [1.54, 1.807) is 0 Å². The lowest BCUT2D eigenvalue weighted by Crippen LogP contribution is -2.45. The van der Waals surface area contributed by atoms with Crippen LogP contribution in [-0.2, 0) is 0 Å². The molecule has 21 heavy (non-hydrogen) atoms. The summed E-state index contributed by atoms with van der Waals surface area (Å²) >= 11 is 0. The Bertz CT molecular complexity index is 283. The molecule has 5 heteroatoms. The van der Waals surface area contributed by atoms with Crippen LogP contribution in [0, 0.1) is 0 Å². The van der Waals surface area contributed by atoms with Gasteiger partial charge in [0.05, 0.1) is 0 Å². The van der Waals surface area contributed by atoms with Crippen molar-refractivity contribution in [2.24, 2.45) is 0 Å². The van der Waals surface area contributed by atoms with Crippen LogP contribution >= 0.6 is 0 Å². The third-order valence-corrected chi connectivity index (χ3v) is 3.63. The molecule has 0 aliphatic heterocycles. The van der Waals surface area contributed by atoms with E-state index >= 15 is 0 Å². The summed E-state index contributed by atoms with van der Waals surface area (Å²) < 4.78 is 0. The number of hydrogen-bond acceptors (Lipinski definition) is 2. The molecule has 0 aromatic rings. The molecule has 5 nitrogen and oxygen atoms in total. The predicted octanol–water partition coefficient (Wildman–Crippen LogP) is 3.89. The van der Waals surface area contributed by atoms with Crippen molar-refractivity contribution in [3.05, 3.63) is 0 Å². The van der Waals surface area contributed by atoms with E-state index in [9.17, 15) is 9.59 Å². The second-order valence-electron chi connectivity index (χ2n) is 5.53. The van der Waals surface area contributed by atoms with Crippen LogP contribution in [0.1, 0.15) is 71.1 Å². The maximum absolute atomic E-state index is 11.6. The molecule has 0 aliphatic rings. The number of hydrogen-bond donors (Lipinski definition) is 2. The lowest BCUT2D eigenvalue weighted by Gasteiger charge is -2.15. The maximum atomic E-state index is 11.6. The molecule has 4 amide bonds. The molecular formula is C16H33N3O2. The summed E-state index contributed by atoms with van der Waals surface area (Å²) in [6.07, 6.45) is 12.7. The number of nitrogens with one attached hydrogen (secondary N) is 2. The van der Waals surface area contributed by atoms with Gasteiger partial charge in [-0.05, 0) is 6.42 Å². The van der Waals surface area contributed by atoms with E-state index in [1.165, 1.54) is 65.5 Å². The highest BCUT2D eigenvalue weighted by molar-refractivity contribution is 5.92. The number of carbonyl (C=O) groups excluding carboxylic acids is 2. The van der Waals surface area contributed by atoms with Gasteiger partial charge in [-0.3, -0.25) is 0 Å². The Morgan fingerprint density at radius 2 is 1.29 bits per heavy atom. The van der Waals surface area contributed by atoms with E-state index in [1.807, 2.05) is 0 Å². The highest BCUT2D eigenvalue weighted by Crippen LogP contribution is 2.10. The first kappa shape index (κ1) is 19.7. The Morgan fingerprint density at radius 1 is 0.810 bits per heavy atom. The minimum Gasteiger partial charge on any atom is -0.341 e. The monoisotopic (exact) mass is 299 g/mol. The van der Waals surface area contributed by atoms with Crippen LogP contribution in [0.15, 0.2) is 0 Å². The molecule has 0 rings (SSSR count). The van der Waals surface area contributed by atoms with Crippen molar-refractivity contribution in [3.8, 4) is 0 Å². The molecule has 0 saturated carbocycles. The SMILES string of the molecule is CCCCCCCCCCCCNC(=O)N(C)C(=O)NC. The first-order valence-electron chi connectivity index (χ1n) is 8.36. The third kappa shape index (κ3) is 11.1. The Kier molecular flexibility index (Phi) is 12.9. The number of unbranched alkanes of at least 4 members (excludes halogenated alkanes) is 9. The fourth-order valence-corrected chi connectivity index (χ4v) is 2.19. The minimum atomic E-state index is -0.393. The van der Waals surface area contributed by atoms with Gasteiger partial charge in [0.25, 0.3) is 0 Å². The molecule has 0 fully saturated rings. The molecule has 0 spiro atoms. The summed E-state index contributed by atoms with van der Waals surface area (Å²) in [6, 6.07) is -0.735. The molecular weight excluding hydrogens is 266 g/mol. The first-order valence-corrected chi connectivity index (χ1v) is 8.36. The normalized spacial score (nSPS) is 10.2. The standard InChI is InChI=1S/C16H33N3O2/c1-4-5-6-7-8-9-10-11-12-13-14-18-16(21)19(3)15(20)17-2/h4-14H2,1-3H3,(H,17,20)(H,18,21). The largest absolute Gasteiger partial charge is 0.341 e. The second-order valence-corrected chi connectivity index (χ2v) is 5.53. The van der Waals surface area contributed by atoms with Crippen molar-refractivity contribution in [2.45, 2.75) is 71.1 Å². The van der Waals surface area contributed by atoms with Crippen molar-refractivity contribution in [2.75, 3.05) is 20.6 Å². The zero-order valence-corrected chi connectivity index (χ0v) is 14.0. The zero-order chi connectivity index (χ0) is 15.9. The van der Waals surface area contributed by atoms with Gasteiger partial charge in [0.1, 0.15) is 0 Å². The number of imide groups is 1. The first-order chi connectivity index (χ1) is 10.1. The van der Waals surface area contributed by atoms with Crippen LogP contribution in [0.5, 0.6) is 0 Å². The molecule has 0 heterocycles. The van der Waals surface area contributed by atoms with Gasteiger partial charge in [0.15, 0.2) is 0 Å². The summed E-state index contributed by atoms with van der Waals surface area (Å²) in [6.45, 7) is 2.88. The van der Waals surface area contributed by atoms with Crippen molar-refractivity contribution in [1.82, 2.24) is 15.5 Å². The number of nitrogens with zero attached hydrogens (tertiary/aromatic N) is 1. The van der Waals surface area contributed by atoms with Gasteiger partial charge in [0.2, 0.25) is 0 Å². The molecule has 0 bridgehead atoms. The smallest absolute Gasteiger partial charge is 0.325 e. The van der Waals surface area contributed by atoms with E-state index in [2.05, 4.69) is 17.6 Å². The number of urea groups is 2. The fraction of sp³-hybridized carbons (Fsp3) is 0.875. The highest BCUT2D eigenvalue weighted by atomic mass is 16.2. The number of carbonyl (C=O) groups is 2. The lowest BCUT2D eigenvalue weighted by molar-refractivity contribution is 0.195. The van der Waals surface area contributed by atoms with Crippen molar-refractivity contribution >= 4 is 12.1 Å².